The van der Waals surface area contributed by atoms with Crippen LogP contribution in [0.25, 0.3) is 0 Å². The molecule has 1 aliphatic rings. The van der Waals surface area contributed by atoms with Crippen molar-refractivity contribution in [3.8, 4) is 5.75 Å². The molecule has 0 amide bonds. The predicted molar refractivity (Wildman–Crippen MR) is 74.8 cm³/mol. The van der Waals surface area contributed by atoms with Gasteiger partial charge in [0.2, 0.25) is 0 Å². The van der Waals surface area contributed by atoms with Crippen molar-refractivity contribution < 1.29 is 17.9 Å². The fourth-order valence-electron chi connectivity index (χ4n) is 2.22. The van der Waals surface area contributed by atoms with Crippen LogP contribution >= 0.6 is 15.9 Å². The fourth-order valence-corrected chi connectivity index (χ4v) is 2.78. The van der Waals surface area contributed by atoms with E-state index < -0.39 is 17.6 Å². The third kappa shape index (κ3) is 2.83. The summed E-state index contributed by atoms with van der Waals surface area (Å²) in [6.45, 7) is 0.785. The van der Waals surface area contributed by atoms with Crippen LogP contribution in [0.15, 0.2) is 22.7 Å². The number of aromatic nitrogens is 1. The van der Waals surface area contributed by atoms with Gasteiger partial charge in [-0.25, -0.2) is 8.78 Å². The van der Waals surface area contributed by atoms with Gasteiger partial charge in [0.05, 0.1) is 6.61 Å². The minimum Gasteiger partial charge on any atom is -0.493 e. The summed E-state index contributed by atoms with van der Waals surface area (Å²) < 4.78 is 45.8. The Hall–Kier alpha value is -1.76. The van der Waals surface area contributed by atoms with Gasteiger partial charge in [-0.1, -0.05) is 15.9 Å². The molecule has 21 heavy (non-hydrogen) atoms. The van der Waals surface area contributed by atoms with Gasteiger partial charge in [-0.3, -0.25) is 0 Å². The summed E-state index contributed by atoms with van der Waals surface area (Å²) in [5, 5.41) is 2.66. The Bertz CT molecular complexity index is 709. The maximum Gasteiger partial charge on any atom is 0.251 e. The number of pyridine rings is 1. The van der Waals surface area contributed by atoms with Crippen molar-refractivity contribution >= 4 is 21.7 Å². The highest BCUT2D eigenvalue weighted by atomic mass is 79.9. The molecule has 2 aromatic rings. The zero-order valence-corrected chi connectivity index (χ0v) is 12.3. The van der Waals surface area contributed by atoms with E-state index >= 15 is 0 Å². The summed E-state index contributed by atoms with van der Waals surface area (Å²) in [4.78, 5) is 3.22. The van der Waals surface area contributed by atoms with Crippen molar-refractivity contribution in [3.05, 3.63) is 51.4 Å². The molecule has 0 bridgehead atoms. The lowest BCUT2D eigenvalue weighted by Gasteiger charge is -2.11. The van der Waals surface area contributed by atoms with E-state index in [2.05, 4.69) is 26.2 Å². The Kier molecular flexibility index (Phi) is 3.75. The molecule has 1 aromatic carbocycles. The van der Waals surface area contributed by atoms with Gasteiger partial charge in [-0.2, -0.15) is 9.37 Å². The van der Waals surface area contributed by atoms with Crippen molar-refractivity contribution in [2.75, 3.05) is 11.9 Å². The van der Waals surface area contributed by atoms with Gasteiger partial charge in [0, 0.05) is 29.1 Å². The van der Waals surface area contributed by atoms with Crippen LogP contribution in [-0.2, 0) is 13.0 Å². The first kappa shape index (κ1) is 14.2. The number of ether oxygens (including phenoxy) is 1. The van der Waals surface area contributed by atoms with Crippen LogP contribution in [0.4, 0.5) is 19.0 Å². The van der Waals surface area contributed by atoms with Gasteiger partial charge in [0.25, 0.3) is 5.95 Å². The topological polar surface area (TPSA) is 34.1 Å². The third-order valence-electron chi connectivity index (χ3n) is 3.16. The second kappa shape index (κ2) is 5.55. The maximum absolute atomic E-state index is 13.5. The number of hydrogen-bond donors (Lipinski definition) is 1. The molecule has 1 aromatic heterocycles. The summed E-state index contributed by atoms with van der Waals surface area (Å²) in [5.41, 5.74) is 1.85. The van der Waals surface area contributed by atoms with Crippen LogP contribution < -0.4 is 10.1 Å². The molecule has 0 aliphatic carbocycles. The van der Waals surface area contributed by atoms with E-state index in [1.54, 1.807) is 0 Å². The van der Waals surface area contributed by atoms with E-state index in [4.69, 9.17) is 4.74 Å². The number of hydrogen-bond acceptors (Lipinski definition) is 3. The van der Waals surface area contributed by atoms with Crippen molar-refractivity contribution in [2.24, 2.45) is 0 Å². The molecule has 7 heteroatoms. The van der Waals surface area contributed by atoms with E-state index in [0.29, 0.717) is 12.7 Å². The lowest BCUT2D eigenvalue weighted by molar-refractivity contribution is 0.353. The first-order valence-corrected chi connectivity index (χ1v) is 7.03. The predicted octanol–water partition coefficient (Wildman–Crippen LogP) is 3.81. The van der Waals surface area contributed by atoms with Crippen molar-refractivity contribution in [2.45, 2.75) is 13.0 Å². The zero-order valence-electron chi connectivity index (χ0n) is 10.7. The summed E-state index contributed by atoms with van der Waals surface area (Å²) in [7, 11) is 0. The molecule has 0 spiro atoms. The number of fused-ring (bicyclic) bond motifs is 1. The highest BCUT2D eigenvalue weighted by Gasteiger charge is 2.18. The number of anilines is 1. The Morgan fingerprint density at radius 2 is 2.00 bits per heavy atom. The Morgan fingerprint density at radius 3 is 2.81 bits per heavy atom. The maximum atomic E-state index is 13.5. The van der Waals surface area contributed by atoms with Gasteiger partial charge in [0.15, 0.2) is 17.5 Å². The molecule has 0 fully saturated rings. The quantitative estimate of drug-likeness (QED) is 0.847. The number of rotatable bonds is 3. The molecule has 0 radical (unpaired) electrons. The van der Waals surface area contributed by atoms with E-state index in [1.807, 2.05) is 12.1 Å². The highest BCUT2D eigenvalue weighted by molar-refractivity contribution is 9.10. The SMILES string of the molecule is Fc1cc(F)c(NCc2cc(Br)cc3c2OCC3)nc1F. The van der Waals surface area contributed by atoms with Crippen molar-refractivity contribution in [1.82, 2.24) is 4.98 Å². The summed E-state index contributed by atoms with van der Waals surface area (Å²) in [5.74, 6) is -3.19. The molecule has 0 unspecified atom stereocenters. The standard InChI is InChI=1S/C14H10BrF3N2O/c15-9-3-7-1-2-21-12(7)8(4-9)6-19-14-11(17)5-10(16)13(18)20-14/h3-5H,1-2,6H2,(H,19,20). The fraction of sp³-hybridized carbons (Fsp3) is 0.214. The Balaban J connectivity index is 1.84. The summed E-state index contributed by atoms with van der Waals surface area (Å²) in [6, 6.07) is 4.25. The zero-order chi connectivity index (χ0) is 15.0. The van der Waals surface area contributed by atoms with Gasteiger partial charge in [0.1, 0.15) is 5.75 Å². The molecular weight excluding hydrogens is 349 g/mol. The van der Waals surface area contributed by atoms with E-state index in [-0.39, 0.29) is 12.4 Å². The Labute approximate surface area is 127 Å². The molecule has 1 N–H and O–H groups in total. The number of nitrogens with one attached hydrogen (secondary N) is 1. The molecule has 1 aliphatic heterocycles. The molecule has 0 atom stereocenters. The monoisotopic (exact) mass is 358 g/mol. The lowest BCUT2D eigenvalue weighted by Crippen LogP contribution is -2.07. The number of benzene rings is 1. The molecular formula is C14H10BrF3N2O. The van der Waals surface area contributed by atoms with Crippen molar-refractivity contribution in [1.29, 1.82) is 0 Å². The van der Waals surface area contributed by atoms with Gasteiger partial charge < -0.3 is 10.1 Å². The minimum atomic E-state index is -1.34. The summed E-state index contributed by atoms with van der Waals surface area (Å²) in [6.07, 6.45) is 0.805. The minimum absolute atomic E-state index is 0.191. The van der Waals surface area contributed by atoms with Gasteiger partial charge in [-0.15, -0.1) is 0 Å². The third-order valence-corrected chi connectivity index (χ3v) is 3.62. The Morgan fingerprint density at radius 1 is 1.19 bits per heavy atom. The van der Waals surface area contributed by atoms with Gasteiger partial charge >= 0.3 is 0 Å². The molecule has 0 saturated heterocycles. The molecule has 0 saturated carbocycles. The molecule has 2 heterocycles. The second-order valence-electron chi connectivity index (χ2n) is 4.60. The van der Waals surface area contributed by atoms with Crippen LogP contribution in [-0.4, -0.2) is 11.6 Å². The van der Waals surface area contributed by atoms with E-state index in [1.165, 1.54) is 0 Å². The normalized spacial score (nSPS) is 13.0. The number of halogens is 4. The van der Waals surface area contributed by atoms with Crippen molar-refractivity contribution in [3.63, 3.8) is 0 Å². The lowest BCUT2D eigenvalue weighted by atomic mass is 10.1. The van der Waals surface area contributed by atoms with Crippen LogP contribution in [0.5, 0.6) is 5.75 Å². The largest absolute Gasteiger partial charge is 0.493 e. The average Bonchev–Trinajstić information content (AvgIpc) is 2.89. The smallest absolute Gasteiger partial charge is 0.251 e. The average molecular weight is 359 g/mol. The molecule has 3 nitrogen and oxygen atoms in total. The molecule has 110 valence electrons. The number of nitrogens with zero attached hydrogens (tertiary/aromatic N) is 1. The van der Waals surface area contributed by atoms with Crippen LogP contribution in [0.3, 0.4) is 0 Å². The van der Waals surface area contributed by atoms with E-state index in [9.17, 15) is 13.2 Å². The van der Waals surface area contributed by atoms with Crippen LogP contribution in [0.2, 0.25) is 0 Å². The first-order valence-electron chi connectivity index (χ1n) is 6.24. The highest BCUT2D eigenvalue weighted by Crippen LogP contribution is 2.33. The second-order valence-corrected chi connectivity index (χ2v) is 5.51. The summed E-state index contributed by atoms with van der Waals surface area (Å²) >= 11 is 3.39. The van der Waals surface area contributed by atoms with Crippen LogP contribution in [0, 0.1) is 17.6 Å². The molecule has 3 rings (SSSR count). The van der Waals surface area contributed by atoms with Gasteiger partial charge in [-0.05, 0) is 17.7 Å². The van der Waals surface area contributed by atoms with Crippen LogP contribution in [0.1, 0.15) is 11.1 Å². The van der Waals surface area contributed by atoms with E-state index in [0.717, 1.165) is 27.8 Å². The first-order chi connectivity index (χ1) is 10.0.